The molecule has 1 N–H and O–H groups in total. The van der Waals surface area contributed by atoms with E-state index < -0.39 is 0 Å². The molecule has 90 valence electrons. The summed E-state index contributed by atoms with van der Waals surface area (Å²) < 4.78 is 1.87. The quantitative estimate of drug-likeness (QED) is 0.855. The fourth-order valence-corrected chi connectivity index (χ4v) is 2.50. The van der Waals surface area contributed by atoms with E-state index in [0.29, 0.717) is 12.1 Å². The Morgan fingerprint density at radius 3 is 2.44 bits per heavy atom. The monoisotopic (exact) mass is 364 g/mol. The van der Waals surface area contributed by atoms with Gasteiger partial charge in [0.2, 0.25) is 0 Å². The first-order chi connectivity index (χ1) is 8.72. The SMILES string of the molecule is N#Cc1c(Br)cccc1NCc1ccccc1Br. The van der Waals surface area contributed by atoms with Gasteiger partial charge in [-0.3, -0.25) is 0 Å². The average molecular weight is 366 g/mol. The second-order valence-electron chi connectivity index (χ2n) is 3.72. The van der Waals surface area contributed by atoms with E-state index >= 15 is 0 Å². The van der Waals surface area contributed by atoms with Gasteiger partial charge >= 0.3 is 0 Å². The fraction of sp³-hybridized carbons (Fsp3) is 0.0714. The van der Waals surface area contributed by atoms with Gasteiger partial charge in [-0.05, 0) is 39.7 Å². The topological polar surface area (TPSA) is 35.8 Å². The fourth-order valence-electron chi connectivity index (χ4n) is 1.62. The highest BCUT2D eigenvalue weighted by Gasteiger charge is 2.06. The highest BCUT2D eigenvalue weighted by Crippen LogP contribution is 2.25. The first kappa shape index (κ1) is 13.1. The predicted octanol–water partition coefficient (Wildman–Crippen LogP) is 4.70. The first-order valence-electron chi connectivity index (χ1n) is 5.38. The molecule has 18 heavy (non-hydrogen) atoms. The lowest BCUT2D eigenvalue weighted by molar-refractivity contribution is 1.13. The van der Waals surface area contributed by atoms with E-state index in [1.807, 2.05) is 42.5 Å². The molecule has 2 aromatic carbocycles. The van der Waals surface area contributed by atoms with Crippen molar-refractivity contribution < 1.29 is 0 Å². The van der Waals surface area contributed by atoms with Crippen LogP contribution in [0.3, 0.4) is 0 Å². The number of hydrogen-bond donors (Lipinski definition) is 1. The lowest BCUT2D eigenvalue weighted by Crippen LogP contribution is -2.02. The van der Waals surface area contributed by atoms with Gasteiger partial charge in [0, 0.05) is 15.5 Å². The number of nitriles is 1. The Hall–Kier alpha value is -1.31. The number of hydrogen-bond acceptors (Lipinski definition) is 2. The molecular formula is C14H10Br2N2. The number of rotatable bonds is 3. The molecule has 0 fully saturated rings. The number of nitrogens with zero attached hydrogens (tertiary/aromatic N) is 1. The van der Waals surface area contributed by atoms with E-state index in [2.05, 4.69) is 43.2 Å². The molecule has 0 atom stereocenters. The molecule has 0 aliphatic rings. The van der Waals surface area contributed by atoms with Gasteiger partial charge in [0.05, 0.1) is 11.3 Å². The van der Waals surface area contributed by atoms with Crippen LogP contribution in [0.5, 0.6) is 0 Å². The zero-order valence-electron chi connectivity index (χ0n) is 9.45. The van der Waals surface area contributed by atoms with Gasteiger partial charge in [-0.2, -0.15) is 5.26 Å². The summed E-state index contributed by atoms with van der Waals surface area (Å²) in [6.45, 7) is 0.673. The van der Waals surface area contributed by atoms with Crippen LogP contribution in [0.15, 0.2) is 51.4 Å². The van der Waals surface area contributed by atoms with E-state index in [9.17, 15) is 0 Å². The Balaban J connectivity index is 2.19. The second kappa shape index (κ2) is 6.03. The molecule has 2 nitrogen and oxygen atoms in total. The van der Waals surface area contributed by atoms with Gasteiger partial charge in [0.1, 0.15) is 6.07 Å². The minimum absolute atomic E-state index is 0.629. The number of benzene rings is 2. The molecule has 0 saturated heterocycles. The molecule has 2 rings (SSSR count). The summed E-state index contributed by atoms with van der Waals surface area (Å²) >= 11 is 6.88. The van der Waals surface area contributed by atoms with Crippen LogP contribution in [0.2, 0.25) is 0 Å². The van der Waals surface area contributed by atoms with Crippen molar-refractivity contribution in [2.45, 2.75) is 6.54 Å². The van der Waals surface area contributed by atoms with Crippen LogP contribution in [0.25, 0.3) is 0 Å². The molecule has 4 heteroatoms. The minimum Gasteiger partial charge on any atom is -0.380 e. The van der Waals surface area contributed by atoms with Gasteiger partial charge in [-0.15, -0.1) is 0 Å². The zero-order chi connectivity index (χ0) is 13.0. The van der Waals surface area contributed by atoms with E-state index in [4.69, 9.17) is 5.26 Å². The first-order valence-corrected chi connectivity index (χ1v) is 6.97. The molecule has 0 aliphatic carbocycles. The second-order valence-corrected chi connectivity index (χ2v) is 5.43. The van der Waals surface area contributed by atoms with Gasteiger partial charge in [-0.25, -0.2) is 0 Å². The van der Waals surface area contributed by atoms with Crippen LogP contribution in [-0.2, 0) is 6.54 Å². The maximum absolute atomic E-state index is 9.12. The van der Waals surface area contributed by atoms with Crippen molar-refractivity contribution in [3.05, 3.63) is 62.5 Å². The summed E-state index contributed by atoms with van der Waals surface area (Å²) in [7, 11) is 0. The maximum Gasteiger partial charge on any atom is 0.103 e. The Morgan fingerprint density at radius 2 is 1.72 bits per heavy atom. The van der Waals surface area contributed by atoms with Crippen molar-refractivity contribution in [1.82, 2.24) is 0 Å². The van der Waals surface area contributed by atoms with Crippen molar-refractivity contribution >= 4 is 37.5 Å². The third-order valence-corrected chi connectivity index (χ3v) is 3.99. The molecule has 0 bridgehead atoms. The molecule has 0 spiro atoms. The molecule has 0 amide bonds. The summed E-state index contributed by atoms with van der Waals surface area (Å²) in [5, 5.41) is 12.4. The van der Waals surface area contributed by atoms with Crippen molar-refractivity contribution in [2.24, 2.45) is 0 Å². The van der Waals surface area contributed by atoms with Crippen molar-refractivity contribution in [1.29, 1.82) is 5.26 Å². The largest absolute Gasteiger partial charge is 0.380 e. The van der Waals surface area contributed by atoms with E-state index in [-0.39, 0.29) is 0 Å². The van der Waals surface area contributed by atoms with Crippen LogP contribution in [0.4, 0.5) is 5.69 Å². The lowest BCUT2D eigenvalue weighted by Gasteiger charge is -2.10. The van der Waals surface area contributed by atoms with Crippen molar-refractivity contribution in [2.75, 3.05) is 5.32 Å². The average Bonchev–Trinajstić information content (AvgIpc) is 2.38. The third kappa shape index (κ3) is 2.92. The van der Waals surface area contributed by atoms with Crippen LogP contribution in [0, 0.1) is 11.3 Å². The summed E-state index contributed by atoms with van der Waals surface area (Å²) in [4.78, 5) is 0. The zero-order valence-corrected chi connectivity index (χ0v) is 12.6. The minimum atomic E-state index is 0.629. The Morgan fingerprint density at radius 1 is 1.00 bits per heavy atom. The Kier molecular flexibility index (Phi) is 4.40. The van der Waals surface area contributed by atoms with E-state index in [1.54, 1.807) is 0 Å². The van der Waals surface area contributed by atoms with E-state index in [1.165, 1.54) is 0 Å². The number of anilines is 1. The molecule has 0 aliphatic heterocycles. The molecule has 2 aromatic rings. The lowest BCUT2D eigenvalue weighted by atomic mass is 10.1. The molecule has 0 radical (unpaired) electrons. The predicted molar refractivity (Wildman–Crippen MR) is 80.3 cm³/mol. The van der Waals surface area contributed by atoms with Gasteiger partial charge in [0.15, 0.2) is 0 Å². The third-order valence-electron chi connectivity index (χ3n) is 2.55. The summed E-state index contributed by atoms with van der Waals surface area (Å²) in [6.07, 6.45) is 0. The molecule has 0 unspecified atom stereocenters. The van der Waals surface area contributed by atoms with Gasteiger partial charge < -0.3 is 5.32 Å². The van der Waals surface area contributed by atoms with Crippen molar-refractivity contribution in [3.8, 4) is 6.07 Å². The number of halogens is 2. The van der Waals surface area contributed by atoms with Crippen LogP contribution < -0.4 is 5.32 Å². The Labute approximate surface area is 123 Å². The summed E-state index contributed by atoms with van der Waals surface area (Å²) in [6, 6.07) is 15.9. The van der Waals surface area contributed by atoms with Crippen LogP contribution in [0.1, 0.15) is 11.1 Å². The standard InChI is InChI=1S/C14H10Br2N2/c15-12-5-2-1-4-10(12)9-18-14-7-3-6-13(16)11(14)8-17/h1-7,18H,9H2. The summed E-state index contributed by atoms with van der Waals surface area (Å²) in [5.74, 6) is 0. The van der Waals surface area contributed by atoms with Crippen LogP contribution in [-0.4, -0.2) is 0 Å². The molecule has 0 saturated carbocycles. The molecular weight excluding hydrogens is 356 g/mol. The number of nitrogens with one attached hydrogen (secondary N) is 1. The van der Waals surface area contributed by atoms with Gasteiger partial charge in [-0.1, -0.05) is 40.2 Å². The van der Waals surface area contributed by atoms with Crippen molar-refractivity contribution in [3.63, 3.8) is 0 Å². The Bertz CT molecular complexity index is 603. The van der Waals surface area contributed by atoms with E-state index in [0.717, 1.165) is 20.2 Å². The maximum atomic E-state index is 9.12. The summed E-state index contributed by atoms with van der Waals surface area (Å²) in [5.41, 5.74) is 2.62. The van der Waals surface area contributed by atoms with Gasteiger partial charge in [0.25, 0.3) is 0 Å². The van der Waals surface area contributed by atoms with Crippen LogP contribution >= 0.6 is 31.9 Å². The smallest absolute Gasteiger partial charge is 0.103 e. The molecule has 0 heterocycles. The normalized spacial score (nSPS) is 9.83. The highest BCUT2D eigenvalue weighted by molar-refractivity contribution is 9.10. The highest BCUT2D eigenvalue weighted by atomic mass is 79.9. The molecule has 0 aromatic heterocycles.